The fraction of sp³-hybridized carbons (Fsp3) is 0.455. The molecule has 0 radical (unpaired) electrons. The van der Waals surface area contributed by atoms with Crippen LogP contribution in [-0.4, -0.2) is 18.5 Å². The summed E-state index contributed by atoms with van der Waals surface area (Å²) < 4.78 is 0. The molecule has 16 heavy (non-hydrogen) atoms. The van der Waals surface area contributed by atoms with Crippen molar-refractivity contribution in [2.24, 2.45) is 0 Å². The number of thiophene rings is 1. The second kappa shape index (κ2) is 5.10. The number of rotatable bonds is 3. The quantitative estimate of drug-likeness (QED) is 0.821. The Morgan fingerprint density at radius 2 is 2.56 bits per heavy atom. The first-order chi connectivity index (χ1) is 7.79. The molecule has 0 aliphatic carbocycles. The van der Waals surface area contributed by atoms with Crippen molar-refractivity contribution in [3.8, 4) is 6.07 Å². The van der Waals surface area contributed by atoms with E-state index in [1.165, 1.54) is 11.3 Å². The summed E-state index contributed by atoms with van der Waals surface area (Å²) in [6, 6.07) is 5.71. The molecule has 2 rings (SSSR count). The summed E-state index contributed by atoms with van der Waals surface area (Å²) in [6.07, 6.45) is 1.98. The van der Waals surface area contributed by atoms with Gasteiger partial charge in [0, 0.05) is 4.88 Å². The first-order valence-electron chi connectivity index (χ1n) is 5.29. The Kier molecular flexibility index (Phi) is 3.54. The number of hydrogen-bond acceptors (Lipinski definition) is 4. The molecule has 1 aromatic rings. The number of carbonyl (C=O) groups is 1. The maximum Gasteiger partial charge on any atom is 0.237 e. The van der Waals surface area contributed by atoms with E-state index in [-0.39, 0.29) is 11.9 Å². The van der Waals surface area contributed by atoms with Crippen LogP contribution in [0.3, 0.4) is 0 Å². The van der Waals surface area contributed by atoms with Crippen molar-refractivity contribution < 1.29 is 4.79 Å². The van der Waals surface area contributed by atoms with E-state index >= 15 is 0 Å². The van der Waals surface area contributed by atoms with Crippen LogP contribution in [0.25, 0.3) is 0 Å². The third kappa shape index (κ3) is 2.60. The van der Waals surface area contributed by atoms with Gasteiger partial charge < -0.3 is 10.6 Å². The van der Waals surface area contributed by atoms with Gasteiger partial charge in [0.2, 0.25) is 5.91 Å². The molecule has 4 nitrogen and oxygen atoms in total. The molecule has 0 saturated carbocycles. The Balaban J connectivity index is 1.82. The third-order valence-electron chi connectivity index (χ3n) is 2.59. The lowest BCUT2D eigenvalue weighted by Crippen LogP contribution is -2.39. The van der Waals surface area contributed by atoms with Crippen LogP contribution in [0.15, 0.2) is 12.1 Å². The molecule has 1 saturated heterocycles. The Hall–Kier alpha value is -1.38. The standard InChI is InChI=1S/C11H13N3OS/c12-6-8-3-4-9(16-8)7-14-11(15)10-2-1-5-13-10/h3-4,10,13H,1-2,5,7H2,(H,14,15)/t10-/m0/s1. The van der Waals surface area contributed by atoms with E-state index in [2.05, 4.69) is 16.7 Å². The second-order valence-electron chi connectivity index (χ2n) is 3.74. The van der Waals surface area contributed by atoms with Gasteiger partial charge in [-0.3, -0.25) is 4.79 Å². The summed E-state index contributed by atoms with van der Waals surface area (Å²) in [5.41, 5.74) is 0. The highest BCUT2D eigenvalue weighted by Gasteiger charge is 2.21. The molecule has 5 heteroatoms. The van der Waals surface area contributed by atoms with Crippen molar-refractivity contribution in [3.63, 3.8) is 0 Å². The van der Waals surface area contributed by atoms with Crippen molar-refractivity contribution in [2.75, 3.05) is 6.54 Å². The molecule has 0 aromatic carbocycles. The zero-order valence-electron chi connectivity index (χ0n) is 8.82. The summed E-state index contributed by atoms with van der Waals surface area (Å²) in [4.78, 5) is 13.4. The summed E-state index contributed by atoms with van der Waals surface area (Å²) in [5, 5.41) is 14.7. The zero-order valence-corrected chi connectivity index (χ0v) is 9.64. The lowest BCUT2D eigenvalue weighted by Gasteiger charge is -2.09. The van der Waals surface area contributed by atoms with Crippen LogP contribution in [0, 0.1) is 11.3 Å². The van der Waals surface area contributed by atoms with Crippen molar-refractivity contribution in [1.29, 1.82) is 5.26 Å². The summed E-state index contributed by atoms with van der Waals surface area (Å²) >= 11 is 1.42. The highest BCUT2D eigenvalue weighted by atomic mass is 32.1. The van der Waals surface area contributed by atoms with Crippen LogP contribution in [0.5, 0.6) is 0 Å². The van der Waals surface area contributed by atoms with E-state index in [0.717, 1.165) is 24.3 Å². The van der Waals surface area contributed by atoms with Gasteiger partial charge in [0.25, 0.3) is 0 Å². The average Bonchev–Trinajstić information content (AvgIpc) is 2.96. The SMILES string of the molecule is N#Cc1ccc(CNC(=O)[C@@H]2CCCN2)s1. The van der Waals surface area contributed by atoms with Crippen molar-refractivity contribution in [3.05, 3.63) is 21.9 Å². The van der Waals surface area contributed by atoms with Gasteiger partial charge in [-0.25, -0.2) is 0 Å². The molecule has 1 aliphatic rings. The highest BCUT2D eigenvalue weighted by Crippen LogP contribution is 2.15. The summed E-state index contributed by atoms with van der Waals surface area (Å²) in [5.74, 6) is 0.0596. The van der Waals surface area contributed by atoms with Gasteiger partial charge in [-0.2, -0.15) is 5.26 Å². The molecular formula is C11H13N3OS. The second-order valence-corrected chi connectivity index (χ2v) is 4.91. The van der Waals surface area contributed by atoms with Gasteiger partial charge in [-0.1, -0.05) is 0 Å². The van der Waals surface area contributed by atoms with Crippen LogP contribution in [-0.2, 0) is 11.3 Å². The number of nitrogens with zero attached hydrogens (tertiary/aromatic N) is 1. The molecule has 84 valence electrons. The lowest BCUT2D eigenvalue weighted by molar-refractivity contribution is -0.122. The van der Waals surface area contributed by atoms with Crippen LogP contribution >= 0.6 is 11.3 Å². The molecule has 2 N–H and O–H groups in total. The van der Waals surface area contributed by atoms with Crippen LogP contribution < -0.4 is 10.6 Å². The van der Waals surface area contributed by atoms with Gasteiger partial charge in [0.1, 0.15) is 10.9 Å². The summed E-state index contributed by atoms with van der Waals surface area (Å²) in [6.45, 7) is 1.44. The van der Waals surface area contributed by atoms with E-state index in [0.29, 0.717) is 11.4 Å². The van der Waals surface area contributed by atoms with Crippen molar-refractivity contribution >= 4 is 17.2 Å². The minimum absolute atomic E-state index is 0.0320. The van der Waals surface area contributed by atoms with Crippen molar-refractivity contribution in [1.82, 2.24) is 10.6 Å². The maximum absolute atomic E-state index is 11.7. The van der Waals surface area contributed by atoms with Crippen LogP contribution in [0.2, 0.25) is 0 Å². The molecule has 2 heterocycles. The minimum Gasteiger partial charge on any atom is -0.350 e. The van der Waals surface area contributed by atoms with Crippen molar-refractivity contribution in [2.45, 2.75) is 25.4 Å². The van der Waals surface area contributed by atoms with Gasteiger partial charge in [-0.05, 0) is 31.5 Å². The molecule has 1 aromatic heterocycles. The fourth-order valence-electron chi connectivity index (χ4n) is 1.74. The maximum atomic E-state index is 11.7. The molecule has 1 fully saturated rings. The fourth-order valence-corrected chi connectivity index (χ4v) is 2.48. The predicted molar refractivity (Wildman–Crippen MR) is 61.9 cm³/mol. The number of nitrogens with one attached hydrogen (secondary N) is 2. The topological polar surface area (TPSA) is 64.9 Å². The van der Waals surface area contributed by atoms with E-state index in [1.807, 2.05) is 6.07 Å². The molecule has 1 amide bonds. The Bertz CT molecular complexity index is 415. The van der Waals surface area contributed by atoms with E-state index in [1.54, 1.807) is 6.07 Å². The van der Waals surface area contributed by atoms with Crippen LogP contribution in [0.4, 0.5) is 0 Å². The Morgan fingerprint density at radius 1 is 1.69 bits per heavy atom. The number of nitriles is 1. The lowest BCUT2D eigenvalue weighted by atomic mass is 10.2. The van der Waals surface area contributed by atoms with E-state index in [4.69, 9.17) is 5.26 Å². The Morgan fingerprint density at radius 3 is 3.19 bits per heavy atom. The summed E-state index contributed by atoms with van der Waals surface area (Å²) in [7, 11) is 0. The number of hydrogen-bond donors (Lipinski definition) is 2. The molecule has 1 aliphatic heterocycles. The predicted octanol–water partition coefficient (Wildman–Crippen LogP) is 0.988. The zero-order chi connectivity index (χ0) is 11.4. The largest absolute Gasteiger partial charge is 0.350 e. The molecule has 1 atom stereocenters. The third-order valence-corrected chi connectivity index (χ3v) is 3.58. The van der Waals surface area contributed by atoms with Gasteiger partial charge >= 0.3 is 0 Å². The normalized spacial score (nSPS) is 19.3. The molecule has 0 bridgehead atoms. The van der Waals surface area contributed by atoms with E-state index < -0.39 is 0 Å². The first-order valence-corrected chi connectivity index (χ1v) is 6.11. The van der Waals surface area contributed by atoms with Crippen LogP contribution in [0.1, 0.15) is 22.6 Å². The highest BCUT2D eigenvalue weighted by molar-refractivity contribution is 7.12. The van der Waals surface area contributed by atoms with Gasteiger partial charge in [-0.15, -0.1) is 11.3 Å². The number of amides is 1. The smallest absolute Gasteiger partial charge is 0.237 e. The number of carbonyl (C=O) groups excluding carboxylic acids is 1. The monoisotopic (exact) mass is 235 g/mol. The average molecular weight is 235 g/mol. The minimum atomic E-state index is -0.0320. The van der Waals surface area contributed by atoms with Gasteiger partial charge in [0.05, 0.1) is 12.6 Å². The van der Waals surface area contributed by atoms with E-state index in [9.17, 15) is 4.79 Å². The molecule has 0 unspecified atom stereocenters. The Labute approximate surface area is 98.3 Å². The first kappa shape index (κ1) is 11.1. The molecule has 0 spiro atoms. The molecular weight excluding hydrogens is 222 g/mol. The van der Waals surface area contributed by atoms with Gasteiger partial charge in [0.15, 0.2) is 0 Å².